The molecule has 0 aromatic heterocycles. The molecule has 108 valence electrons. The Bertz CT molecular complexity index is 707. The van der Waals surface area contributed by atoms with Gasteiger partial charge >= 0.3 is 0 Å². The molecule has 2 aromatic carbocycles. The van der Waals surface area contributed by atoms with E-state index < -0.39 is 11.6 Å². The molecule has 0 aliphatic carbocycles. The van der Waals surface area contributed by atoms with Crippen molar-refractivity contribution < 1.29 is 13.5 Å². The van der Waals surface area contributed by atoms with Gasteiger partial charge in [-0.3, -0.25) is 0 Å². The fourth-order valence-corrected chi connectivity index (χ4v) is 1.81. The summed E-state index contributed by atoms with van der Waals surface area (Å²) in [5, 5.41) is -0.0129. The van der Waals surface area contributed by atoms with E-state index in [-0.39, 0.29) is 23.7 Å². The normalized spacial score (nSPS) is 9.90. The van der Waals surface area contributed by atoms with E-state index in [1.165, 1.54) is 24.3 Å². The lowest BCUT2D eigenvalue weighted by molar-refractivity contribution is 0.305. The zero-order valence-corrected chi connectivity index (χ0v) is 11.8. The summed E-state index contributed by atoms with van der Waals surface area (Å²) in [5.41, 5.74) is 6.26. The molecule has 0 radical (unpaired) electrons. The lowest BCUT2D eigenvalue weighted by Crippen LogP contribution is -1.98. The summed E-state index contributed by atoms with van der Waals surface area (Å²) in [5.74, 6) is 4.76. The first-order valence-electron chi connectivity index (χ1n) is 6.15. The van der Waals surface area contributed by atoms with Crippen LogP contribution in [0.25, 0.3) is 0 Å². The highest BCUT2D eigenvalue weighted by molar-refractivity contribution is 6.30. The summed E-state index contributed by atoms with van der Waals surface area (Å²) in [7, 11) is 0. The molecule has 0 saturated heterocycles. The smallest absolute Gasteiger partial charge is 0.142 e. The highest BCUT2D eigenvalue weighted by Gasteiger charge is 2.04. The van der Waals surface area contributed by atoms with E-state index in [9.17, 15) is 8.78 Å². The van der Waals surface area contributed by atoms with E-state index in [1.807, 2.05) is 0 Å². The maximum Gasteiger partial charge on any atom is 0.142 e. The van der Waals surface area contributed by atoms with Crippen LogP contribution in [-0.2, 0) is 6.61 Å². The van der Waals surface area contributed by atoms with Gasteiger partial charge in [-0.2, -0.15) is 0 Å². The van der Waals surface area contributed by atoms with Gasteiger partial charge in [-0.1, -0.05) is 29.5 Å². The molecule has 5 heteroatoms. The van der Waals surface area contributed by atoms with Crippen LogP contribution in [0.1, 0.15) is 11.1 Å². The molecule has 0 heterocycles. The molecule has 2 nitrogen and oxygen atoms in total. The molecular weight excluding hydrogens is 296 g/mol. The molecule has 0 aliphatic heterocycles. The maximum absolute atomic E-state index is 13.5. The molecule has 0 aliphatic rings. The van der Waals surface area contributed by atoms with Gasteiger partial charge < -0.3 is 10.5 Å². The van der Waals surface area contributed by atoms with Crippen molar-refractivity contribution in [3.63, 3.8) is 0 Å². The topological polar surface area (TPSA) is 35.2 Å². The summed E-state index contributed by atoms with van der Waals surface area (Å²) in [6.07, 6.45) is 0. The molecule has 0 unspecified atom stereocenters. The van der Waals surface area contributed by atoms with Crippen LogP contribution in [0.2, 0.25) is 5.02 Å². The van der Waals surface area contributed by atoms with Crippen molar-refractivity contribution in [3.8, 4) is 17.6 Å². The van der Waals surface area contributed by atoms with Gasteiger partial charge in [-0.15, -0.1) is 0 Å². The number of hydrogen-bond acceptors (Lipinski definition) is 2. The van der Waals surface area contributed by atoms with E-state index in [2.05, 4.69) is 11.8 Å². The number of hydrogen-bond donors (Lipinski definition) is 1. The lowest BCUT2D eigenvalue weighted by atomic mass is 10.1. The van der Waals surface area contributed by atoms with Crippen molar-refractivity contribution >= 4 is 11.6 Å². The molecule has 2 N–H and O–H groups in total. The van der Waals surface area contributed by atoms with Crippen LogP contribution in [-0.4, -0.2) is 6.54 Å². The third-order valence-corrected chi connectivity index (χ3v) is 2.94. The van der Waals surface area contributed by atoms with Gasteiger partial charge in [0.25, 0.3) is 0 Å². The van der Waals surface area contributed by atoms with Crippen LogP contribution in [0, 0.1) is 23.5 Å². The first kappa shape index (κ1) is 15.3. The van der Waals surface area contributed by atoms with Gasteiger partial charge in [0.1, 0.15) is 24.0 Å². The highest BCUT2D eigenvalue weighted by atomic mass is 35.5. The lowest BCUT2D eigenvalue weighted by Gasteiger charge is -2.07. The zero-order chi connectivity index (χ0) is 15.2. The Hall–Kier alpha value is -2.09. The fourth-order valence-electron chi connectivity index (χ4n) is 1.64. The molecular formula is C16H12ClF2NO. The minimum absolute atomic E-state index is 0.0129. The Kier molecular flexibility index (Phi) is 5.15. The molecule has 21 heavy (non-hydrogen) atoms. The number of nitrogens with two attached hydrogens (primary N) is 1. The van der Waals surface area contributed by atoms with Crippen LogP contribution in [0.4, 0.5) is 8.78 Å². The Morgan fingerprint density at radius 1 is 1.10 bits per heavy atom. The van der Waals surface area contributed by atoms with Crippen LogP contribution >= 0.6 is 11.6 Å². The molecule has 0 amide bonds. The van der Waals surface area contributed by atoms with Gasteiger partial charge in [0.15, 0.2) is 0 Å². The summed E-state index contributed by atoms with van der Waals surface area (Å²) in [4.78, 5) is 0. The molecule has 0 bridgehead atoms. The largest absolute Gasteiger partial charge is 0.489 e. The molecule has 0 spiro atoms. The van der Waals surface area contributed by atoms with Gasteiger partial charge in [0.05, 0.1) is 17.1 Å². The van der Waals surface area contributed by atoms with Crippen LogP contribution in [0.15, 0.2) is 36.4 Å². The first-order chi connectivity index (χ1) is 10.1. The molecule has 2 aromatic rings. The number of ether oxygens (including phenoxy) is 1. The van der Waals surface area contributed by atoms with E-state index >= 15 is 0 Å². The quantitative estimate of drug-likeness (QED) is 0.881. The molecule has 0 atom stereocenters. The summed E-state index contributed by atoms with van der Waals surface area (Å²) < 4.78 is 32.0. The SMILES string of the molecule is NCC#Cc1cc(COc2ccc(F)c(Cl)c2)ccc1F. The number of benzene rings is 2. The van der Waals surface area contributed by atoms with Crippen molar-refractivity contribution in [2.45, 2.75) is 6.61 Å². The predicted molar refractivity (Wildman–Crippen MR) is 78.1 cm³/mol. The fraction of sp³-hybridized carbons (Fsp3) is 0.125. The number of rotatable bonds is 3. The second kappa shape index (κ2) is 7.07. The van der Waals surface area contributed by atoms with Crippen molar-refractivity contribution in [3.05, 3.63) is 64.2 Å². The summed E-state index contributed by atoms with van der Waals surface area (Å²) in [6.45, 7) is 0.355. The third kappa shape index (κ3) is 4.19. The van der Waals surface area contributed by atoms with Crippen LogP contribution < -0.4 is 10.5 Å². The average Bonchev–Trinajstić information content (AvgIpc) is 2.48. The van der Waals surface area contributed by atoms with Crippen LogP contribution in [0.3, 0.4) is 0 Å². The second-order valence-corrected chi connectivity index (χ2v) is 4.59. The predicted octanol–water partition coefficient (Wildman–Crippen LogP) is 3.51. The number of halogens is 3. The van der Waals surface area contributed by atoms with Gasteiger partial charge in [0, 0.05) is 6.07 Å². The minimum atomic E-state index is -0.509. The van der Waals surface area contributed by atoms with Crippen molar-refractivity contribution in [2.24, 2.45) is 5.73 Å². The Labute approximate surface area is 126 Å². The highest BCUT2D eigenvalue weighted by Crippen LogP contribution is 2.22. The molecule has 0 fully saturated rings. The van der Waals surface area contributed by atoms with Crippen molar-refractivity contribution in [2.75, 3.05) is 6.54 Å². The van der Waals surface area contributed by atoms with Gasteiger partial charge in [-0.25, -0.2) is 8.78 Å². The van der Waals surface area contributed by atoms with Crippen molar-refractivity contribution in [1.82, 2.24) is 0 Å². The average molecular weight is 308 g/mol. The van der Waals surface area contributed by atoms with Crippen molar-refractivity contribution in [1.29, 1.82) is 0 Å². The Balaban J connectivity index is 2.11. The monoisotopic (exact) mass is 307 g/mol. The standard InChI is InChI=1S/C16H12ClF2NO/c17-14-9-13(4-6-16(14)19)21-10-11-3-5-15(18)12(8-11)2-1-7-20/h3-6,8-9H,7,10,20H2. The van der Waals surface area contributed by atoms with Crippen LogP contribution in [0.5, 0.6) is 5.75 Å². The molecule has 2 rings (SSSR count). The zero-order valence-electron chi connectivity index (χ0n) is 11.0. The Morgan fingerprint density at radius 2 is 1.86 bits per heavy atom. The van der Waals surface area contributed by atoms with Gasteiger partial charge in [-0.05, 0) is 29.8 Å². The van der Waals surface area contributed by atoms with E-state index in [4.69, 9.17) is 22.1 Å². The third-order valence-electron chi connectivity index (χ3n) is 2.65. The van der Waals surface area contributed by atoms with E-state index in [0.29, 0.717) is 5.75 Å². The second-order valence-electron chi connectivity index (χ2n) is 4.18. The van der Waals surface area contributed by atoms with Gasteiger partial charge in [0.2, 0.25) is 0 Å². The molecule has 0 saturated carbocycles. The van der Waals surface area contributed by atoms with E-state index in [1.54, 1.807) is 12.1 Å². The summed E-state index contributed by atoms with van der Waals surface area (Å²) >= 11 is 5.66. The van der Waals surface area contributed by atoms with E-state index in [0.717, 1.165) is 5.56 Å². The first-order valence-corrected chi connectivity index (χ1v) is 6.53. The minimum Gasteiger partial charge on any atom is -0.489 e. The summed E-state index contributed by atoms with van der Waals surface area (Å²) in [6, 6.07) is 8.57. The Morgan fingerprint density at radius 3 is 2.57 bits per heavy atom. The maximum atomic E-state index is 13.5.